The monoisotopic (exact) mass is 494 g/mol. The van der Waals surface area contributed by atoms with E-state index < -0.39 is 28.7 Å². The van der Waals surface area contributed by atoms with Crippen molar-refractivity contribution in [1.29, 1.82) is 0 Å². The Hall–Kier alpha value is -2.08. The van der Waals surface area contributed by atoms with Gasteiger partial charge in [-0.15, -0.1) is 0 Å². The number of carbonyl (C=O) groups is 1. The third kappa shape index (κ3) is 7.73. The van der Waals surface area contributed by atoms with E-state index in [2.05, 4.69) is 9.72 Å². The second-order valence-corrected chi connectivity index (χ2v) is 10.5. The van der Waals surface area contributed by atoms with Gasteiger partial charge in [0.1, 0.15) is 5.75 Å². The minimum atomic E-state index is -4.53. The molecule has 0 unspecified atom stereocenters. The number of piperidine rings is 1. The van der Waals surface area contributed by atoms with Crippen molar-refractivity contribution >= 4 is 15.9 Å². The zero-order valence-electron chi connectivity index (χ0n) is 18.6. The average molecular weight is 495 g/mol. The molecule has 2 fully saturated rings. The van der Waals surface area contributed by atoms with Crippen LogP contribution in [0.3, 0.4) is 0 Å². The molecule has 1 saturated heterocycles. The molecule has 1 aromatic heterocycles. The van der Waals surface area contributed by atoms with Crippen molar-refractivity contribution in [2.75, 3.05) is 26.0 Å². The van der Waals surface area contributed by atoms with Crippen LogP contribution >= 0.6 is 0 Å². The molecule has 12 heteroatoms. The lowest BCUT2D eigenvalue weighted by atomic mass is 9.94. The summed E-state index contributed by atoms with van der Waals surface area (Å²) in [5.41, 5.74) is 0.525. The Bertz CT molecular complexity index is 924. The number of aryl methyl sites for hydroxylation is 1. The molecule has 33 heavy (non-hydrogen) atoms. The van der Waals surface area contributed by atoms with E-state index in [0.717, 1.165) is 31.9 Å². The molecule has 0 N–H and O–H groups in total. The van der Waals surface area contributed by atoms with Crippen LogP contribution < -0.4 is 4.74 Å². The Balaban J connectivity index is 1.39. The molecule has 0 radical (unpaired) electrons. The Labute approximate surface area is 191 Å². The maximum Gasteiger partial charge on any atom is 0.422 e. The minimum Gasteiger partial charge on any atom is -0.489 e. The molecule has 2 aliphatic rings. The highest BCUT2D eigenvalue weighted by Gasteiger charge is 2.33. The zero-order chi connectivity index (χ0) is 24.2. The van der Waals surface area contributed by atoms with Gasteiger partial charge in [-0.1, -0.05) is 0 Å². The highest BCUT2D eigenvalue weighted by Crippen LogP contribution is 2.29. The number of halogens is 3. The molecule has 1 aliphatic heterocycles. The van der Waals surface area contributed by atoms with E-state index in [4.69, 9.17) is 9.47 Å². The molecule has 8 nitrogen and oxygen atoms in total. The first-order valence-electron chi connectivity index (χ1n) is 10.9. The molecule has 0 atom stereocenters. The molecule has 0 spiro atoms. The predicted octanol–water partition coefficient (Wildman–Crippen LogP) is 3.66. The first-order valence-corrected chi connectivity index (χ1v) is 12.8. The van der Waals surface area contributed by atoms with Crippen molar-refractivity contribution in [3.05, 3.63) is 17.8 Å². The zero-order valence-corrected chi connectivity index (χ0v) is 19.5. The number of pyridine rings is 1. The number of ether oxygens (including phenoxy) is 3. The summed E-state index contributed by atoms with van der Waals surface area (Å²) in [4.78, 5) is 17.1. The fourth-order valence-electron chi connectivity index (χ4n) is 4.00. The van der Waals surface area contributed by atoms with Crippen LogP contribution in [0.2, 0.25) is 0 Å². The van der Waals surface area contributed by atoms with Gasteiger partial charge >= 0.3 is 12.3 Å². The summed E-state index contributed by atoms with van der Waals surface area (Å²) in [6, 6.07) is 3.08. The van der Waals surface area contributed by atoms with Crippen LogP contribution in [0.15, 0.2) is 17.2 Å². The molecule has 1 saturated carbocycles. The van der Waals surface area contributed by atoms with Crippen LogP contribution in [-0.4, -0.2) is 74.8 Å². The minimum absolute atomic E-state index is 0.0142. The van der Waals surface area contributed by atoms with Gasteiger partial charge in [-0.25, -0.2) is 18.2 Å². The quantitative estimate of drug-likeness (QED) is 0.596. The Kier molecular flexibility index (Phi) is 8.09. The highest BCUT2D eigenvalue weighted by atomic mass is 32.2. The number of rotatable bonds is 6. The standard InChI is InChI=1S/C21H29F3N2O6S/c1-14-18(7-8-19(25-14)33(2,28)29)32-16-5-3-15(4-6-16)31-17-9-11-26(12-10-17)20(27)30-13-21(22,23)24/h7-8,15-17H,3-6,9-13H2,1-2H3. The predicted molar refractivity (Wildman–Crippen MR) is 112 cm³/mol. The molecule has 186 valence electrons. The van der Waals surface area contributed by atoms with Crippen molar-refractivity contribution in [1.82, 2.24) is 9.88 Å². The number of sulfone groups is 1. The smallest absolute Gasteiger partial charge is 0.422 e. The van der Waals surface area contributed by atoms with Crippen LogP contribution in [0.4, 0.5) is 18.0 Å². The lowest BCUT2D eigenvalue weighted by Crippen LogP contribution is -2.43. The van der Waals surface area contributed by atoms with Crippen molar-refractivity contribution in [3.63, 3.8) is 0 Å². The number of alkyl halides is 3. The lowest BCUT2D eigenvalue weighted by molar-refractivity contribution is -0.163. The lowest BCUT2D eigenvalue weighted by Gasteiger charge is -2.35. The van der Waals surface area contributed by atoms with Gasteiger partial charge in [-0.2, -0.15) is 13.2 Å². The summed E-state index contributed by atoms with van der Waals surface area (Å²) in [6.07, 6.45) is -0.115. The third-order valence-corrected chi connectivity index (χ3v) is 6.74. The Morgan fingerprint density at radius 1 is 1.06 bits per heavy atom. The van der Waals surface area contributed by atoms with E-state index in [1.54, 1.807) is 13.0 Å². The van der Waals surface area contributed by atoms with Crippen molar-refractivity contribution in [3.8, 4) is 5.75 Å². The molecule has 2 heterocycles. The van der Waals surface area contributed by atoms with Gasteiger partial charge in [0.05, 0.1) is 24.0 Å². The topological polar surface area (TPSA) is 95.0 Å². The summed E-state index contributed by atoms with van der Waals surface area (Å²) in [5.74, 6) is 0.566. The van der Waals surface area contributed by atoms with Crippen LogP contribution in [0.5, 0.6) is 5.75 Å². The number of carbonyl (C=O) groups excluding carboxylic acids is 1. The Morgan fingerprint density at radius 2 is 1.64 bits per heavy atom. The molecular formula is C21H29F3N2O6S. The fraction of sp³-hybridized carbons (Fsp3) is 0.714. The van der Waals surface area contributed by atoms with E-state index in [1.807, 2.05) is 0 Å². The molecule has 1 aromatic rings. The number of aromatic nitrogens is 1. The second-order valence-electron chi connectivity index (χ2n) is 8.51. The van der Waals surface area contributed by atoms with Crippen LogP contribution in [0.1, 0.15) is 44.2 Å². The van der Waals surface area contributed by atoms with Gasteiger partial charge in [-0.3, -0.25) is 0 Å². The van der Waals surface area contributed by atoms with Gasteiger partial charge in [0.15, 0.2) is 21.5 Å². The summed E-state index contributed by atoms with van der Waals surface area (Å²) < 4.78 is 76.3. The number of nitrogens with zero attached hydrogens (tertiary/aromatic N) is 2. The Morgan fingerprint density at radius 3 is 2.18 bits per heavy atom. The van der Waals surface area contributed by atoms with Gasteiger partial charge in [0, 0.05) is 19.3 Å². The van der Waals surface area contributed by atoms with E-state index >= 15 is 0 Å². The average Bonchev–Trinajstić information content (AvgIpc) is 2.74. The fourth-order valence-corrected chi connectivity index (χ4v) is 4.62. The molecule has 0 aromatic carbocycles. The summed E-state index contributed by atoms with van der Waals surface area (Å²) in [7, 11) is -3.37. The number of hydrogen-bond acceptors (Lipinski definition) is 7. The van der Waals surface area contributed by atoms with Gasteiger partial charge < -0.3 is 19.1 Å². The van der Waals surface area contributed by atoms with E-state index in [0.29, 0.717) is 37.4 Å². The van der Waals surface area contributed by atoms with Crippen molar-refractivity contribution < 1.29 is 40.6 Å². The first-order chi connectivity index (χ1) is 15.4. The molecular weight excluding hydrogens is 465 g/mol. The van der Waals surface area contributed by atoms with E-state index in [1.165, 1.54) is 11.0 Å². The van der Waals surface area contributed by atoms with Crippen LogP contribution in [0.25, 0.3) is 0 Å². The molecule has 0 bridgehead atoms. The normalized spacial score (nSPS) is 22.8. The first kappa shape index (κ1) is 25.5. The molecule has 3 rings (SSSR count). The number of likely N-dealkylation sites (tertiary alicyclic amines) is 1. The van der Waals surface area contributed by atoms with E-state index in [9.17, 15) is 26.4 Å². The number of amides is 1. The van der Waals surface area contributed by atoms with Crippen LogP contribution in [-0.2, 0) is 19.3 Å². The second kappa shape index (κ2) is 10.5. The third-order valence-electron chi connectivity index (χ3n) is 5.75. The summed E-state index contributed by atoms with van der Waals surface area (Å²) in [5, 5.41) is 0.0177. The van der Waals surface area contributed by atoms with Gasteiger partial charge in [-0.05, 0) is 57.6 Å². The highest BCUT2D eigenvalue weighted by molar-refractivity contribution is 7.90. The van der Waals surface area contributed by atoms with Crippen LogP contribution in [0, 0.1) is 6.92 Å². The number of hydrogen-bond donors (Lipinski definition) is 0. The maximum atomic E-state index is 12.2. The van der Waals surface area contributed by atoms with Gasteiger partial charge in [0.2, 0.25) is 0 Å². The molecule has 1 amide bonds. The SMILES string of the molecule is Cc1nc(S(C)(=O)=O)ccc1OC1CCC(OC2CCN(C(=O)OCC(F)(F)F)CC2)CC1. The summed E-state index contributed by atoms with van der Waals surface area (Å²) in [6.45, 7) is 0.736. The van der Waals surface area contributed by atoms with E-state index in [-0.39, 0.29) is 23.3 Å². The maximum absolute atomic E-state index is 12.2. The van der Waals surface area contributed by atoms with Crippen molar-refractivity contribution in [2.24, 2.45) is 0 Å². The van der Waals surface area contributed by atoms with Crippen molar-refractivity contribution in [2.45, 2.75) is 75.0 Å². The largest absolute Gasteiger partial charge is 0.489 e. The summed E-state index contributed by atoms with van der Waals surface area (Å²) >= 11 is 0. The van der Waals surface area contributed by atoms with Gasteiger partial charge in [0.25, 0.3) is 0 Å². The molecule has 1 aliphatic carbocycles.